The minimum atomic E-state index is 0.841. The Bertz CT molecular complexity index is 698. The summed E-state index contributed by atoms with van der Waals surface area (Å²) >= 11 is 0. The van der Waals surface area contributed by atoms with Crippen molar-refractivity contribution in [1.82, 2.24) is 14.9 Å². The van der Waals surface area contributed by atoms with Gasteiger partial charge < -0.3 is 4.90 Å². The van der Waals surface area contributed by atoms with E-state index in [1.54, 1.807) is 0 Å². The summed E-state index contributed by atoms with van der Waals surface area (Å²) in [5.74, 6) is 1.08. The number of aryl methyl sites for hydroxylation is 2. The van der Waals surface area contributed by atoms with Gasteiger partial charge in [-0.1, -0.05) is 12.8 Å². The van der Waals surface area contributed by atoms with Gasteiger partial charge in [0.05, 0.1) is 0 Å². The predicted molar refractivity (Wildman–Crippen MR) is 95.1 cm³/mol. The molecule has 1 aliphatic heterocycles. The van der Waals surface area contributed by atoms with Gasteiger partial charge >= 0.3 is 0 Å². The average molecular weight is 310 g/mol. The fourth-order valence-electron chi connectivity index (χ4n) is 4.18. The van der Waals surface area contributed by atoms with E-state index in [1.165, 1.54) is 49.7 Å². The van der Waals surface area contributed by atoms with Gasteiger partial charge in [-0.2, -0.15) is 0 Å². The van der Waals surface area contributed by atoms with Gasteiger partial charge in [0.1, 0.15) is 5.82 Å². The van der Waals surface area contributed by atoms with Crippen molar-refractivity contribution in [2.45, 2.75) is 45.6 Å². The molecule has 4 heteroatoms. The summed E-state index contributed by atoms with van der Waals surface area (Å²) in [7, 11) is 0. The topological polar surface area (TPSA) is 32.3 Å². The Labute approximate surface area is 138 Å². The molecular formula is C19H26N4. The van der Waals surface area contributed by atoms with E-state index in [2.05, 4.69) is 39.9 Å². The molecule has 2 aliphatic rings. The van der Waals surface area contributed by atoms with E-state index in [4.69, 9.17) is 4.98 Å². The maximum absolute atomic E-state index is 4.84. The highest BCUT2D eigenvalue weighted by molar-refractivity contribution is 5.80. The van der Waals surface area contributed by atoms with E-state index in [9.17, 15) is 0 Å². The largest absolute Gasteiger partial charge is 0.354 e. The third-order valence-electron chi connectivity index (χ3n) is 5.47. The Balaban J connectivity index is 1.51. The molecular weight excluding hydrogens is 284 g/mol. The third-order valence-corrected chi connectivity index (χ3v) is 5.47. The van der Waals surface area contributed by atoms with Gasteiger partial charge in [-0.3, -0.25) is 4.90 Å². The number of fused-ring (bicyclic) bond motifs is 1. The Morgan fingerprint density at radius 3 is 2.43 bits per heavy atom. The van der Waals surface area contributed by atoms with Crippen LogP contribution >= 0.6 is 0 Å². The quantitative estimate of drug-likeness (QED) is 0.852. The molecule has 0 radical (unpaired) electrons. The number of hydrogen-bond acceptors (Lipinski definition) is 4. The lowest BCUT2D eigenvalue weighted by atomic mass is 10.1. The van der Waals surface area contributed by atoms with Crippen molar-refractivity contribution in [2.75, 3.05) is 31.1 Å². The molecule has 0 amide bonds. The van der Waals surface area contributed by atoms with Crippen molar-refractivity contribution in [3.05, 3.63) is 29.5 Å². The van der Waals surface area contributed by atoms with Crippen molar-refractivity contribution in [3.63, 3.8) is 0 Å². The van der Waals surface area contributed by atoms with Crippen LogP contribution in [0.5, 0.6) is 0 Å². The molecule has 0 unspecified atom stereocenters. The molecule has 2 aromatic heterocycles. The lowest BCUT2D eigenvalue weighted by Gasteiger charge is -2.38. The molecule has 0 aromatic carbocycles. The molecule has 1 saturated carbocycles. The summed E-state index contributed by atoms with van der Waals surface area (Å²) in [5, 5.41) is 1.17. The Kier molecular flexibility index (Phi) is 3.93. The lowest BCUT2D eigenvalue weighted by Crippen LogP contribution is -2.50. The highest BCUT2D eigenvalue weighted by Gasteiger charge is 2.26. The first kappa shape index (κ1) is 14.9. The molecule has 4 rings (SSSR count). The maximum Gasteiger partial charge on any atom is 0.162 e. The number of anilines is 1. The van der Waals surface area contributed by atoms with E-state index in [1.807, 2.05) is 6.92 Å². The van der Waals surface area contributed by atoms with Gasteiger partial charge in [0.25, 0.3) is 0 Å². The second kappa shape index (κ2) is 6.08. The number of rotatable bonds is 2. The van der Waals surface area contributed by atoms with Crippen LogP contribution in [-0.4, -0.2) is 47.1 Å². The minimum Gasteiger partial charge on any atom is -0.354 e. The molecule has 3 heterocycles. The Morgan fingerprint density at radius 1 is 0.957 bits per heavy atom. The molecule has 23 heavy (non-hydrogen) atoms. The first-order valence-corrected chi connectivity index (χ1v) is 8.95. The van der Waals surface area contributed by atoms with Crippen molar-refractivity contribution in [1.29, 1.82) is 0 Å². The highest BCUT2D eigenvalue weighted by Crippen LogP contribution is 2.26. The summed E-state index contributed by atoms with van der Waals surface area (Å²) in [6, 6.07) is 7.32. The van der Waals surface area contributed by atoms with E-state index in [0.717, 1.165) is 36.3 Å². The average Bonchev–Trinajstić information content (AvgIpc) is 3.09. The number of hydrogen-bond donors (Lipinski definition) is 0. The maximum atomic E-state index is 4.84. The van der Waals surface area contributed by atoms with Gasteiger partial charge in [0.15, 0.2) is 5.65 Å². The van der Waals surface area contributed by atoms with Crippen LogP contribution in [0.4, 0.5) is 5.82 Å². The first-order chi connectivity index (χ1) is 11.2. The van der Waals surface area contributed by atoms with Crippen LogP contribution in [0, 0.1) is 13.8 Å². The van der Waals surface area contributed by atoms with E-state index in [-0.39, 0.29) is 0 Å². The monoisotopic (exact) mass is 310 g/mol. The highest BCUT2D eigenvalue weighted by atomic mass is 15.3. The van der Waals surface area contributed by atoms with Gasteiger partial charge in [0, 0.05) is 43.3 Å². The fourth-order valence-corrected chi connectivity index (χ4v) is 4.18. The van der Waals surface area contributed by atoms with Gasteiger partial charge in [0.2, 0.25) is 0 Å². The number of aromatic nitrogens is 2. The zero-order chi connectivity index (χ0) is 15.8. The minimum absolute atomic E-state index is 0.841. The smallest absolute Gasteiger partial charge is 0.162 e. The second-order valence-corrected chi connectivity index (χ2v) is 7.08. The first-order valence-electron chi connectivity index (χ1n) is 8.95. The van der Waals surface area contributed by atoms with Crippen molar-refractivity contribution >= 4 is 16.9 Å². The molecule has 2 aromatic rings. The molecule has 0 atom stereocenters. The van der Waals surface area contributed by atoms with E-state index < -0.39 is 0 Å². The fraction of sp³-hybridized carbons (Fsp3) is 0.579. The third kappa shape index (κ3) is 2.92. The SMILES string of the molecule is Cc1cc(C)c2ccc(N3CCN(C4CCCC4)CC3)nc2n1. The zero-order valence-electron chi connectivity index (χ0n) is 14.3. The summed E-state index contributed by atoms with van der Waals surface area (Å²) < 4.78 is 0. The van der Waals surface area contributed by atoms with Crippen LogP contribution in [0.3, 0.4) is 0 Å². The molecule has 4 nitrogen and oxygen atoms in total. The predicted octanol–water partition coefficient (Wildman–Crippen LogP) is 3.31. The molecule has 0 bridgehead atoms. The van der Waals surface area contributed by atoms with Crippen molar-refractivity contribution in [3.8, 4) is 0 Å². The number of nitrogens with zero attached hydrogens (tertiary/aromatic N) is 4. The summed E-state index contributed by atoms with van der Waals surface area (Å²) in [6.07, 6.45) is 5.64. The molecule has 0 N–H and O–H groups in total. The Hall–Kier alpha value is -1.68. The van der Waals surface area contributed by atoms with Gasteiger partial charge in [-0.05, 0) is 50.5 Å². The number of pyridine rings is 2. The lowest BCUT2D eigenvalue weighted by molar-refractivity contribution is 0.187. The van der Waals surface area contributed by atoms with E-state index >= 15 is 0 Å². The Morgan fingerprint density at radius 2 is 1.70 bits per heavy atom. The standard InChI is InChI=1S/C19H26N4/c1-14-13-15(2)20-19-17(14)7-8-18(21-19)23-11-9-22(10-12-23)16-5-3-4-6-16/h7-8,13,16H,3-6,9-12H2,1-2H3. The van der Waals surface area contributed by atoms with Crippen molar-refractivity contribution < 1.29 is 0 Å². The van der Waals surface area contributed by atoms with E-state index in [0.29, 0.717) is 0 Å². The molecule has 122 valence electrons. The van der Waals surface area contributed by atoms with Gasteiger partial charge in [-0.15, -0.1) is 0 Å². The zero-order valence-corrected chi connectivity index (χ0v) is 14.3. The normalized spacial score (nSPS) is 20.5. The molecule has 1 aliphatic carbocycles. The summed E-state index contributed by atoms with van der Waals surface area (Å²) in [5.41, 5.74) is 3.20. The van der Waals surface area contributed by atoms with Crippen molar-refractivity contribution in [2.24, 2.45) is 0 Å². The molecule has 2 fully saturated rings. The van der Waals surface area contributed by atoms with Crippen LogP contribution in [0.25, 0.3) is 11.0 Å². The van der Waals surface area contributed by atoms with Crippen LogP contribution in [-0.2, 0) is 0 Å². The second-order valence-electron chi connectivity index (χ2n) is 7.08. The summed E-state index contributed by atoms with van der Waals surface area (Å²) in [4.78, 5) is 14.6. The van der Waals surface area contributed by atoms with Gasteiger partial charge in [-0.25, -0.2) is 9.97 Å². The van der Waals surface area contributed by atoms with Crippen LogP contribution in [0.2, 0.25) is 0 Å². The van der Waals surface area contributed by atoms with Crippen LogP contribution < -0.4 is 4.90 Å². The molecule has 0 spiro atoms. The summed E-state index contributed by atoms with van der Waals surface area (Å²) in [6.45, 7) is 8.69. The molecule has 1 saturated heterocycles. The van der Waals surface area contributed by atoms with Crippen LogP contribution in [0.15, 0.2) is 18.2 Å². The van der Waals surface area contributed by atoms with Crippen LogP contribution in [0.1, 0.15) is 36.9 Å². The number of piperazine rings is 1.